The molecule has 0 saturated carbocycles. The fourth-order valence-corrected chi connectivity index (χ4v) is 0.782. The summed E-state index contributed by atoms with van der Waals surface area (Å²) < 4.78 is 0. The van der Waals surface area contributed by atoms with Crippen LogP contribution < -0.4 is 15.3 Å². The fraction of sp³-hybridized carbons (Fsp3) is 0.400. The fourth-order valence-electron chi connectivity index (χ4n) is 0.782. The van der Waals surface area contributed by atoms with Gasteiger partial charge in [0, 0.05) is 0 Å². The van der Waals surface area contributed by atoms with Crippen LogP contribution in [0.1, 0.15) is 41.5 Å². The van der Waals surface area contributed by atoms with Crippen molar-refractivity contribution in [1.29, 1.82) is 0 Å². The number of ketones is 3. The predicted octanol–water partition coefficient (Wildman–Crippen LogP) is -0.878. The third kappa shape index (κ3) is 51.7. The molecule has 0 bridgehead atoms. The molecule has 0 aliphatic rings. The molecule has 0 aromatic carbocycles. The first kappa shape index (κ1) is 28.4. The first-order valence-electron chi connectivity index (χ1n) is 5.80. The van der Waals surface area contributed by atoms with Crippen LogP contribution in [0.3, 0.4) is 0 Å². The van der Waals surface area contributed by atoms with Gasteiger partial charge in [0.05, 0.1) is 0 Å². The largest absolute Gasteiger partial charge is 3.00 e. The Morgan fingerprint density at radius 2 is 1.00 bits per heavy atom. The summed E-state index contributed by atoms with van der Waals surface area (Å²) in [6.45, 7) is 7.87. The second-order valence-corrected chi connectivity index (χ2v) is 3.84. The van der Waals surface area contributed by atoms with Gasteiger partial charge in [0.15, 0.2) is 5.78 Å². The summed E-state index contributed by atoms with van der Waals surface area (Å²) in [7, 11) is 0. The van der Waals surface area contributed by atoms with Crippen LogP contribution in [0.5, 0.6) is 0 Å². The Morgan fingerprint density at radius 1 is 0.727 bits per heavy atom. The molecule has 0 heterocycles. The number of Topliss-reactive ketones (excluding diaryl/α,β-unsaturated/α-hetero) is 2. The zero-order valence-electron chi connectivity index (χ0n) is 13.4. The van der Waals surface area contributed by atoms with Crippen molar-refractivity contribution < 1.29 is 49.2 Å². The maximum atomic E-state index is 9.98. The zero-order valence-corrected chi connectivity index (χ0v) is 15.0. The maximum Gasteiger partial charge on any atom is 3.00 e. The van der Waals surface area contributed by atoms with Crippen molar-refractivity contribution in [2.45, 2.75) is 41.5 Å². The Kier molecular flexibility index (Phi) is 22.4. The molecule has 22 heavy (non-hydrogen) atoms. The molecule has 0 fully saturated rings. The van der Waals surface area contributed by atoms with E-state index >= 15 is 0 Å². The van der Waals surface area contributed by atoms with Crippen LogP contribution in [0.15, 0.2) is 23.4 Å². The Bertz CT molecular complexity index is 368. The molecule has 0 radical (unpaired) electrons. The molecule has 0 unspecified atom stereocenters. The Balaban J connectivity index is -0.000000108. The molecule has 6 nitrogen and oxygen atoms in total. The van der Waals surface area contributed by atoms with Gasteiger partial charge in [-0.1, -0.05) is 20.8 Å². The topological polar surface area (TPSA) is 120 Å². The van der Waals surface area contributed by atoms with Gasteiger partial charge in [0.1, 0.15) is 0 Å². The molecule has 0 N–H and O–H groups in total. The molecule has 0 atom stereocenters. The number of allylic oxidation sites excluding steroid dienone is 6. The number of hydrogen-bond acceptors (Lipinski definition) is 6. The van der Waals surface area contributed by atoms with E-state index in [1.54, 1.807) is 0 Å². The van der Waals surface area contributed by atoms with Crippen molar-refractivity contribution in [3.8, 4) is 0 Å². The molecule has 0 saturated heterocycles. The summed E-state index contributed by atoms with van der Waals surface area (Å²) in [5.41, 5.74) is 0. The molecule has 126 valence electrons. The van der Waals surface area contributed by atoms with Gasteiger partial charge < -0.3 is 48.6 Å². The van der Waals surface area contributed by atoms with E-state index < -0.39 is 0 Å². The SMILES string of the molecule is CC(=O)/C=C(/C)[O-].CC(=O)[C-]=C(C)[O-].CC(=O)[C-]=C(C)[O-].[Rh+3]. The van der Waals surface area contributed by atoms with E-state index in [9.17, 15) is 29.7 Å². The van der Waals surface area contributed by atoms with Crippen molar-refractivity contribution >= 4 is 17.3 Å². The van der Waals surface area contributed by atoms with Gasteiger partial charge in [-0.15, -0.1) is 5.76 Å². The average Bonchev–Trinajstić information content (AvgIpc) is 2.10. The quantitative estimate of drug-likeness (QED) is 0.264. The molecule has 0 spiro atoms. The Hall–Kier alpha value is -1.75. The van der Waals surface area contributed by atoms with Crippen LogP contribution in [0.25, 0.3) is 0 Å². The Labute approximate surface area is 144 Å². The van der Waals surface area contributed by atoms with Crippen LogP contribution in [0.2, 0.25) is 0 Å². The van der Waals surface area contributed by atoms with Gasteiger partial charge in [0.2, 0.25) is 0 Å². The molecule has 0 rings (SSSR count). The van der Waals surface area contributed by atoms with E-state index in [4.69, 9.17) is 0 Å². The predicted molar refractivity (Wildman–Crippen MR) is 70.7 cm³/mol. The molecule has 0 aromatic rings. The monoisotopic (exact) mass is 398 g/mol. The molecule has 0 aromatic heterocycles. The van der Waals surface area contributed by atoms with Gasteiger partial charge >= 0.3 is 19.5 Å². The number of carbonyl (C=O) groups excluding carboxylic acids is 3. The summed E-state index contributed by atoms with van der Waals surface area (Å²) in [6.07, 6.45) is 5.11. The number of carbonyl (C=O) groups is 3. The van der Waals surface area contributed by atoms with Crippen LogP contribution >= 0.6 is 0 Å². The number of rotatable bonds is 3. The molecule has 0 aliphatic carbocycles. The van der Waals surface area contributed by atoms with Gasteiger partial charge in [-0.25, -0.2) is 0 Å². The van der Waals surface area contributed by atoms with Crippen molar-refractivity contribution in [1.82, 2.24) is 0 Å². The van der Waals surface area contributed by atoms with Crippen LogP contribution in [0.4, 0.5) is 0 Å². The van der Waals surface area contributed by atoms with Crippen molar-refractivity contribution in [3.63, 3.8) is 0 Å². The van der Waals surface area contributed by atoms with Crippen LogP contribution in [0, 0.1) is 12.2 Å². The van der Waals surface area contributed by atoms with Crippen LogP contribution in [-0.4, -0.2) is 17.3 Å². The molecular weight excluding hydrogens is 379 g/mol. The number of hydrogen-bond donors (Lipinski definition) is 0. The van der Waals surface area contributed by atoms with Crippen molar-refractivity contribution in [3.05, 3.63) is 35.5 Å². The van der Waals surface area contributed by atoms with Gasteiger partial charge in [0.25, 0.3) is 0 Å². The third-order valence-corrected chi connectivity index (χ3v) is 1.11. The average molecular weight is 398 g/mol. The standard InChI is InChI=1S/C5H8O2.2C5H7O2.Rh/c3*1-4(6)3-5(2)7;/h3,6H,1-2H3;2*6H,1-2H3;/q;2*-1;+3/p-3/b4-3-;;;. The molecule has 0 aliphatic heterocycles. The summed E-state index contributed by atoms with van der Waals surface area (Å²) >= 11 is 0. The molecule has 0 amide bonds. The summed E-state index contributed by atoms with van der Waals surface area (Å²) in [4.78, 5) is 29.8. The van der Waals surface area contributed by atoms with Gasteiger partial charge in [-0.3, -0.25) is 4.79 Å². The molecule has 7 heteroatoms. The van der Waals surface area contributed by atoms with E-state index in [2.05, 4.69) is 0 Å². The maximum absolute atomic E-state index is 9.98. The third-order valence-electron chi connectivity index (χ3n) is 1.11. The smallest absolute Gasteiger partial charge is 0.901 e. The normalized spacial score (nSPS) is 10.9. The first-order chi connectivity index (χ1) is 9.38. The second kappa shape index (κ2) is 17.3. The second-order valence-electron chi connectivity index (χ2n) is 3.84. The summed E-state index contributed by atoms with van der Waals surface area (Å²) in [6, 6.07) is 0. The Morgan fingerprint density at radius 3 is 1.00 bits per heavy atom. The summed E-state index contributed by atoms with van der Waals surface area (Å²) in [5.74, 6) is -1.62. The summed E-state index contributed by atoms with van der Waals surface area (Å²) in [5, 5.41) is 29.8. The zero-order chi connectivity index (χ0) is 17.6. The van der Waals surface area contributed by atoms with E-state index in [-0.39, 0.29) is 54.1 Å². The van der Waals surface area contributed by atoms with Gasteiger partial charge in [-0.2, -0.15) is 0 Å². The van der Waals surface area contributed by atoms with E-state index in [0.717, 1.165) is 6.08 Å². The first-order valence-corrected chi connectivity index (χ1v) is 5.80. The van der Waals surface area contributed by atoms with E-state index in [1.165, 1.54) is 41.5 Å². The van der Waals surface area contributed by atoms with E-state index in [0.29, 0.717) is 0 Å². The van der Waals surface area contributed by atoms with Crippen molar-refractivity contribution in [2.24, 2.45) is 0 Å². The van der Waals surface area contributed by atoms with Crippen LogP contribution in [-0.2, 0) is 33.9 Å². The van der Waals surface area contributed by atoms with Crippen molar-refractivity contribution in [2.75, 3.05) is 0 Å². The minimum Gasteiger partial charge on any atom is -0.901 e. The van der Waals surface area contributed by atoms with Gasteiger partial charge in [-0.05, 0) is 38.4 Å². The minimum absolute atomic E-state index is 0. The molecular formula is C15H19O6Rh-2. The minimum atomic E-state index is -0.312. The van der Waals surface area contributed by atoms with E-state index in [1.807, 2.05) is 12.2 Å².